The number of nitrogens with zero attached hydrogens (tertiary/aromatic N) is 3. The van der Waals surface area contributed by atoms with Gasteiger partial charge in [0, 0.05) is 31.6 Å². The molecule has 0 saturated heterocycles. The van der Waals surface area contributed by atoms with Crippen LogP contribution in [-0.4, -0.2) is 37.1 Å². The van der Waals surface area contributed by atoms with E-state index in [9.17, 15) is 0 Å². The predicted octanol–water partition coefficient (Wildman–Crippen LogP) is 3.15. The van der Waals surface area contributed by atoms with Crippen LogP contribution in [0, 0.1) is 0 Å². The molecule has 5 heteroatoms. The summed E-state index contributed by atoms with van der Waals surface area (Å²) in [6.45, 7) is 9.91. The highest BCUT2D eigenvalue weighted by Gasteiger charge is 2.12. The Morgan fingerprint density at radius 2 is 1.92 bits per heavy atom. The number of benzene rings is 1. The van der Waals surface area contributed by atoms with Gasteiger partial charge in [0.05, 0.1) is 12.1 Å². The first-order valence-electron chi connectivity index (χ1n) is 8.42. The quantitative estimate of drug-likeness (QED) is 0.669. The topological polar surface area (TPSA) is 52.6 Å². The molecule has 2 aromatic rings. The summed E-state index contributed by atoms with van der Waals surface area (Å²) in [6, 6.07) is 10.3. The van der Waals surface area contributed by atoms with Crippen molar-refractivity contribution in [1.82, 2.24) is 15.6 Å². The maximum absolute atomic E-state index is 4.77. The molecule has 0 unspecified atom stereocenters. The van der Waals surface area contributed by atoms with Crippen molar-refractivity contribution in [1.29, 1.82) is 0 Å². The third kappa shape index (κ3) is 4.85. The molecule has 0 spiro atoms. The lowest BCUT2D eigenvalue weighted by atomic mass is 10.1. The molecule has 0 aliphatic heterocycles. The van der Waals surface area contributed by atoms with E-state index in [0.717, 1.165) is 29.2 Å². The molecule has 0 radical (unpaired) electrons. The first kappa shape index (κ1) is 18.0. The first-order valence-corrected chi connectivity index (χ1v) is 8.42. The van der Waals surface area contributed by atoms with Gasteiger partial charge < -0.3 is 15.5 Å². The van der Waals surface area contributed by atoms with Crippen LogP contribution in [0.2, 0.25) is 0 Å². The summed E-state index contributed by atoms with van der Waals surface area (Å²) in [5.74, 6) is 1.78. The van der Waals surface area contributed by atoms with Crippen molar-refractivity contribution < 1.29 is 0 Å². The SMILES string of the molecule is CCNC(=NCc1cc(N(C)C)nc2ccccc12)NC(C)(C)C. The van der Waals surface area contributed by atoms with Crippen molar-refractivity contribution in [3.05, 3.63) is 35.9 Å². The molecular formula is C19H29N5. The smallest absolute Gasteiger partial charge is 0.191 e. The van der Waals surface area contributed by atoms with Gasteiger partial charge in [-0.1, -0.05) is 18.2 Å². The number of rotatable bonds is 4. The minimum atomic E-state index is -0.0316. The van der Waals surface area contributed by atoms with E-state index in [1.165, 1.54) is 5.56 Å². The lowest BCUT2D eigenvalue weighted by Gasteiger charge is -2.24. The minimum Gasteiger partial charge on any atom is -0.363 e. The summed E-state index contributed by atoms with van der Waals surface area (Å²) in [7, 11) is 4.02. The van der Waals surface area contributed by atoms with Gasteiger partial charge in [-0.05, 0) is 45.4 Å². The van der Waals surface area contributed by atoms with Gasteiger partial charge in [-0.15, -0.1) is 0 Å². The number of aliphatic imine (C=N–C) groups is 1. The number of hydrogen-bond acceptors (Lipinski definition) is 3. The molecule has 5 nitrogen and oxygen atoms in total. The molecule has 0 fully saturated rings. The van der Waals surface area contributed by atoms with Crippen molar-refractivity contribution in [3.8, 4) is 0 Å². The lowest BCUT2D eigenvalue weighted by molar-refractivity contribution is 0.501. The zero-order valence-corrected chi connectivity index (χ0v) is 15.6. The number of nitrogens with one attached hydrogen (secondary N) is 2. The molecule has 0 amide bonds. The molecule has 1 aromatic carbocycles. The Bertz CT molecular complexity index is 713. The van der Waals surface area contributed by atoms with E-state index in [2.05, 4.69) is 50.5 Å². The van der Waals surface area contributed by atoms with Gasteiger partial charge in [0.25, 0.3) is 0 Å². The number of fused-ring (bicyclic) bond motifs is 1. The van der Waals surface area contributed by atoms with Crippen LogP contribution in [0.25, 0.3) is 10.9 Å². The van der Waals surface area contributed by atoms with Crippen LogP contribution < -0.4 is 15.5 Å². The largest absolute Gasteiger partial charge is 0.363 e. The Morgan fingerprint density at radius 3 is 2.54 bits per heavy atom. The molecule has 0 aliphatic carbocycles. The van der Waals surface area contributed by atoms with E-state index in [1.807, 2.05) is 37.2 Å². The molecule has 0 aliphatic rings. The number of anilines is 1. The van der Waals surface area contributed by atoms with Crippen LogP contribution in [0.1, 0.15) is 33.3 Å². The van der Waals surface area contributed by atoms with Crippen LogP contribution >= 0.6 is 0 Å². The van der Waals surface area contributed by atoms with E-state index in [0.29, 0.717) is 6.54 Å². The highest BCUT2D eigenvalue weighted by atomic mass is 15.2. The number of hydrogen-bond donors (Lipinski definition) is 2. The molecule has 1 aromatic heterocycles. The maximum atomic E-state index is 4.77. The molecule has 24 heavy (non-hydrogen) atoms. The summed E-state index contributed by atoms with van der Waals surface area (Å²) in [5, 5.41) is 7.88. The summed E-state index contributed by atoms with van der Waals surface area (Å²) >= 11 is 0. The first-order chi connectivity index (χ1) is 11.3. The standard InChI is InChI=1S/C19H29N5/c1-7-20-18(23-19(2,3)4)21-13-14-12-17(24(5)6)22-16-11-9-8-10-15(14)16/h8-12H,7,13H2,1-6H3,(H2,20,21,23). The van der Waals surface area contributed by atoms with Crippen molar-refractivity contribution in [2.45, 2.75) is 39.8 Å². The van der Waals surface area contributed by atoms with Gasteiger partial charge in [0.1, 0.15) is 5.82 Å². The summed E-state index contributed by atoms with van der Waals surface area (Å²) in [4.78, 5) is 11.5. The second kappa shape index (κ2) is 7.51. The molecule has 130 valence electrons. The van der Waals surface area contributed by atoms with E-state index >= 15 is 0 Å². The number of para-hydroxylation sites is 1. The van der Waals surface area contributed by atoms with Crippen molar-refractivity contribution in [2.24, 2.45) is 4.99 Å². The van der Waals surface area contributed by atoms with Gasteiger partial charge >= 0.3 is 0 Å². The number of guanidine groups is 1. The van der Waals surface area contributed by atoms with Crippen molar-refractivity contribution in [3.63, 3.8) is 0 Å². The maximum Gasteiger partial charge on any atom is 0.191 e. The average Bonchev–Trinajstić information content (AvgIpc) is 2.50. The average molecular weight is 327 g/mol. The minimum absolute atomic E-state index is 0.0316. The number of pyridine rings is 1. The predicted molar refractivity (Wildman–Crippen MR) is 104 cm³/mol. The highest BCUT2D eigenvalue weighted by Crippen LogP contribution is 2.22. The number of aromatic nitrogens is 1. The van der Waals surface area contributed by atoms with Gasteiger partial charge in [-0.2, -0.15) is 0 Å². The van der Waals surface area contributed by atoms with Crippen LogP contribution in [0.15, 0.2) is 35.3 Å². The second-order valence-corrected chi connectivity index (χ2v) is 7.12. The zero-order chi connectivity index (χ0) is 17.7. The fourth-order valence-corrected chi connectivity index (χ4v) is 2.42. The van der Waals surface area contributed by atoms with E-state index in [4.69, 9.17) is 9.98 Å². The van der Waals surface area contributed by atoms with E-state index in [-0.39, 0.29) is 5.54 Å². The van der Waals surface area contributed by atoms with Gasteiger partial charge in [0.15, 0.2) is 5.96 Å². The molecule has 1 heterocycles. The highest BCUT2D eigenvalue weighted by molar-refractivity contribution is 5.85. The van der Waals surface area contributed by atoms with Crippen molar-refractivity contribution in [2.75, 3.05) is 25.5 Å². The molecule has 0 bridgehead atoms. The van der Waals surface area contributed by atoms with Gasteiger partial charge in [0.2, 0.25) is 0 Å². The van der Waals surface area contributed by atoms with Crippen molar-refractivity contribution >= 4 is 22.7 Å². The molecular weight excluding hydrogens is 298 g/mol. The van der Waals surface area contributed by atoms with Crippen LogP contribution in [0.4, 0.5) is 5.82 Å². The van der Waals surface area contributed by atoms with Gasteiger partial charge in [-0.3, -0.25) is 0 Å². The molecule has 2 rings (SSSR count). The van der Waals surface area contributed by atoms with E-state index < -0.39 is 0 Å². The summed E-state index contributed by atoms with van der Waals surface area (Å²) in [5.41, 5.74) is 2.15. The fraction of sp³-hybridized carbons (Fsp3) is 0.474. The van der Waals surface area contributed by atoms with Gasteiger partial charge in [-0.25, -0.2) is 9.98 Å². The Kier molecular flexibility index (Phi) is 5.65. The molecule has 0 saturated carbocycles. The van der Waals surface area contributed by atoms with E-state index in [1.54, 1.807) is 0 Å². The molecule has 0 atom stereocenters. The Balaban J connectivity index is 2.38. The lowest BCUT2D eigenvalue weighted by Crippen LogP contribution is -2.47. The summed E-state index contributed by atoms with van der Waals surface area (Å²) in [6.07, 6.45) is 0. The Morgan fingerprint density at radius 1 is 1.21 bits per heavy atom. The Labute approximate surface area is 145 Å². The summed E-state index contributed by atoms with van der Waals surface area (Å²) < 4.78 is 0. The molecule has 2 N–H and O–H groups in total. The second-order valence-electron chi connectivity index (χ2n) is 7.12. The van der Waals surface area contributed by atoms with Crippen LogP contribution in [0.3, 0.4) is 0 Å². The fourth-order valence-electron chi connectivity index (χ4n) is 2.42. The Hall–Kier alpha value is -2.30. The third-order valence-electron chi connectivity index (χ3n) is 3.49. The van der Waals surface area contributed by atoms with Crippen LogP contribution in [-0.2, 0) is 6.54 Å². The van der Waals surface area contributed by atoms with Crippen LogP contribution in [0.5, 0.6) is 0 Å². The monoisotopic (exact) mass is 327 g/mol. The third-order valence-corrected chi connectivity index (χ3v) is 3.49. The normalized spacial score (nSPS) is 12.3. The zero-order valence-electron chi connectivity index (χ0n) is 15.6.